The van der Waals surface area contributed by atoms with Gasteiger partial charge in [-0.2, -0.15) is 5.10 Å². The minimum absolute atomic E-state index is 0.0495. The average Bonchev–Trinajstić information content (AvgIpc) is 2.66. The Morgan fingerprint density at radius 2 is 2.00 bits per heavy atom. The van der Waals surface area contributed by atoms with Crippen molar-refractivity contribution in [3.8, 4) is 0 Å². The molecule has 0 saturated heterocycles. The second-order valence-corrected chi connectivity index (χ2v) is 5.53. The molecule has 1 aromatic carbocycles. The van der Waals surface area contributed by atoms with Gasteiger partial charge in [-0.05, 0) is 38.5 Å². The van der Waals surface area contributed by atoms with Gasteiger partial charge in [0.1, 0.15) is 0 Å². The maximum atomic E-state index is 12.4. The van der Waals surface area contributed by atoms with Crippen molar-refractivity contribution in [2.45, 2.75) is 33.7 Å². The molecule has 2 rings (SSSR count). The highest BCUT2D eigenvalue weighted by molar-refractivity contribution is 6.34. The fourth-order valence-electron chi connectivity index (χ4n) is 2.13. The lowest BCUT2D eigenvalue weighted by Crippen LogP contribution is -2.10. The van der Waals surface area contributed by atoms with E-state index in [-0.39, 0.29) is 12.2 Å². The van der Waals surface area contributed by atoms with Crippen molar-refractivity contribution in [2.75, 3.05) is 0 Å². The maximum Gasteiger partial charge on any atom is 0.170 e. The predicted octanol–water partition coefficient (Wildman–Crippen LogP) is 4.25. The number of hydrogen-bond donors (Lipinski definition) is 0. The first-order valence-electron chi connectivity index (χ1n) is 6.45. The van der Waals surface area contributed by atoms with Crippen molar-refractivity contribution in [2.24, 2.45) is 0 Å². The zero-order chi connectivity index (χ0) is 14.9. The highest BCUT2D eigenvalue weighted by Gasteiger charge is 2.18. The van der Waals surface area contributed by atoms with Gasteiger partial charge >= 0.3 is 0 Å². The molecule has 2 aromatic rings. The van der Waals surface area contributed by atoms with Gasteiger partial charge in [-0.25, -0.2) is 0 Å². The number of nitrogens with zero attached hydrogens (tertiary/aromatic N) is 2. The van der Waals surface area contributed by atoms with Crippen LogP contribution in [0.25, 0.3) is 0 Å². The van der Waals surface area contributed by atoms with Crippen LogP contribution in [0.15, 0.2) is 18.2 Å². The molecular formula is C15H16Cl2N2O. The first kappa shape index (κ1) is 15.1. The van der Waals surface area contributed by atoms with Crippen LogP contribution < -0.4 is 0 Å². The lowest BCUT2D eigenvalue weighted by atomic mass is 10.0. The Hall–Kier alpha value is -1.32. The molecule has 0 bridgehead atoms. The molecule has 1 aromatic heterocycles. The second-order valence-electron chi connectivity index (χ2n) is 4.75. The smallest absolute Gasteiger partial charge is 0.170 e. The molecule has 0 radical (unpaired) electrons. The summed E-state index contributed by atoms with van der Waals surface area (Å²) >= 11 is 12.4. The number of aromatic nitrogens is 2. The number of hydrogen-bond acceptors (Lipinski definition) is 2. The summed E-state index contributed by atoms with van der Waals surface area (Å²) in [6, 6.07) is 5.43. The minimum atomic E-state index is -0.0495. The Balaban J connectivity index is 2.32. The van der Waals surface area contributed by atoms with Gasteiger partial charge in [-0.1, -0.05) is 29.3 Å². The molecular weight excluding hydrogens is 295 g/mol. The Bertz CT molecular complexity index is 662. The molecule has 0 aliphatic rings. The first-order chi connectivity index (χ1) is 9.43. The van der Waals surface area contributed by atoms with E-state index in [4.69, 9.17) is 23.2 Å². The van der Waals surface area contributed by atoms with Crippen molar-refractivity contribution in [1.82, 2.24) is 9.78 Å². The van der Waals surface area contributed by atoms with Crippen molar-refractivity contribution in [3.05, 3.63) is 50.8 Å². The highest BCUT2D eigenvalue weighted by atomic mass is 35.5. The average molecular weight is 311 g/mol. The van der Waals surface area contributed by atoms with Crippen molar-refractivity contribution >= 4 is 29.0 Å². The standard InChI is InChI=1S/C15H16Cl2N2O/c1-4-19-13(15(17)10(3)18-19)8-14(20)11-6-5-9(2)7-12(11)16/h5-7H,4,8H2,1-3H3. The van der Waals surface area contributed by atoms with Crippen LogP contribution >= 0.6 is 23.2 Å². The SMILES string of the molecule is CCn1nc(C)c(Cl)c1CC(=O)c1ccc(C)cc1Cl. The van der Waals surface area contributed by atoms with E-state index in [2.05, 4.69) is 5.10 Å². The molecule has 106 valence electrons. The van der Waals surface area contributed by atoms with Gasteiger partial charge < -0.3 is 0 Å². The summed E-state index contributed by atoms with van der Waals surface area (Å²) in [5.74, 6) is -0.0495. The van der Waals surface area contributed by atoms with E-state index in [1.54, 1.807) is 16.8 Å². The highest BCUT2D eigenvalue weighted by Crippen LogP contribution is 2.24. The van der Waals surface area contributed by atoms with Crippen LogP contribution in [0.2, 0.25) is 10.0 Å². The molecule has 0 amide bonds. The lowest BCUT2D eigenvalue weighted by Gasteiger charge is -2.07. The fourth-order valence-corrected chi connectivity index (χ4v) is 2.67. The number of carbonyl (C=O) groups is 1. The van der Waals surface area contributed by atoms with Crippen molar-refractivity contribution in [1.29, 1.82) is 0 Å². The number of carbonyl (C=O) groups excluding carboxylic acids is 1. The molecule has 0 atom stereocenters. The zero-order valence-corrected chi connectivity index (χ0v) is 13.2. The van der Waals surface area contributed by atoms with Gasteiger partial charge in [0.15, 0.2) is 5.78 Å². The molecule has 0 unspecified atom stereocenters. The summed E-state index contributed by atoms with van der Waals surface area (Å²) in [6.45, 7) is 6.42. The minimum Gasteiger partial charge on any atom is -0.294 e. The molecule has 0 N–H and O–H groups in total. The van der Waals surface area contributed by atoms with E-state index in [1.807, 2.05) is 26.8 Å². The topological polar surface area (TPSA) is 34.9 Å². The Morgan fingerprint density at radius 1 is 1.30 bits per heavy atom. The van der Waals surface area contributed by atoms with Crippen LogP contribution in [0.5, 0.6) is 0 Å². The maximum absolute atomic E-state index is 12.4. The second kappa shape index (κ2) is 5.98. The molecule has 0 aliphatic carbocycles. The van der Waals surface area contributed by atoms with Gasteiger partial charge in [0.25, 0.3) is 0 Å². The number of benzene rings is 1. The van der Waals surface area contributed by atoms with Crippen LogP contribution in [0.4, 0.5) is 0 Å². The quantitative estimate of drug-likeness (QED) is 0.791. The van der Waals surface area contributed by atoms with Gasteiger partial charge in [-0.3, -0.25) is 9.48 Å². The van der Waals surface area contributed by atoms with Crippen molar-refractivity contribution in [3.63, 3.8) is 0 Å². The summed E-state index contributed by atoms with van der Waals surface area (Å²) in [7, 11) is 0. The van der Waals surface area contributed by atoms with Gasteiger partial charge in [0, 0.05) is 12.1 Å². The summed E-state index contributed by atoms with van der Waals surface area (Å²) in [6.07, 6.45) is 0.205. The van der Waals surface area contributed by atoms with Crippen LogP contribution in [0.3, 0.4) is 0 Å². The fraction of sp³-hybridized carbons (Fsp3) is 0.333. The molecule has 0 spiro atoms. The number of halogens is 2. The molecule has 5 heteroatoms. The summed E-state index contributed by atoms with van der Waals surface area (Å²) < 4.78 is 1.76. The first-order valence-corrected chi connectivity index (χ1v) is 7.20. The largest absolute Gasteiger partial charge is 0.294 e. The van der Waals surface area contributed by atoms with E-state index in [1.165, 1.54) is 0 Å². The Morgan fingerprint density at radius 3 is 2.60 bits per heavy atom. The third kappa shape index (κ3) is 2.89. The van der Waals surface area contributed by atoms with Crippen LogP contribution in [-0.2, 0) is 13.0 Å². The molecule has 20 heavy (non-hydrogen) atoms. The van der Waals surface area contributed by atoms with E-state index in [9.17, 15) is 4.79 Å². The lowest BCUT2D eigenvalue weighted by molar-refractivity contribution is 0.0990. The van der Waals surface area contributed by atoms with Crippen LogP contribution in [-0.4, -0.2) is 15.6 Å². The van der Waals surface area contributed by atoms with Gasteiger partial charge in [0.05, 0.1) is 27.9 Å². The Labute approximate surface area is 128 Å². The van der Waals surface area contributed by atoms with Gasteiger partial charge in [-0.15, -0.1) is 0 Å². The number of rotatable bonds is 4. The zero-order valence-electron chi connectivity index (χ0n) is 11.7. The normalized spacial score (nSPS) is 10.8. The summed E-state index contributed by atoms with van der Waals surface area (Å²) in [5, 5.41) is 5.35. The van der Waals surface area contributed by atoms with E-state index >= 15 is 0 Å². The number of aryl methyl sites for hydroxylation is 3. The Kier molecular flexibility index (Phi) is 4.51. The summed E-state index contributed by atoms with van der Waals surface area (Å²) in [4.78, 5) is 12.4. The van der Waals surface area contributed by atoms with Crippen molar-refractivity contribution < 1.29 is 4.79 Å². The molecule has 1 heterocycles. The van der Waals surface area contributed by atoms with E-state index < -0.39 is 0 Å². The molecule has 0 aliphatic heterocycles. The van der Waals surface area contributed by atoms with Crippen LogP contribution in [0, 0.1) is 13.8 Å². The monoisotopic (exact) mass is 310 g/mol. The van der Waals surface area contributed by atoms with E-state index in [0.717, 1.165) is 17.0 Å². The number of ketones is 1. The third-order valence-corrected chi connectivity index (χ3v) is 4.01. The summed E-state index contributed by atoms with van der Waals surface area (Å²) in [5.41, 5.74) is 3.04. The predicted molar refractivity (Wildman–Crippen MR) is 81.9 cm³/mol. The van der Waals surface area contributed by atoms with Crippen LogP contribution in [0.1, 0.15) is 34.2 Å². The molecule has 0 saturated carbocycles. The van der Waals surface area contributed by atoms with E-state index in [0.29, 0.717) is 22.2 Å². The molecule has 3 nitrogen and oxygen atoms in total. The van der Waals surface area contributed by atoms with Gasteiger partial charge in [0.2, 0.25) is 0 Å². The number of Topliss-reactive ketones (excluding diaryl/α,β-unsaturated/α-hetero) is 1. The third-order valence-electron chi connectivity index (χ3n) is 3.21. The molecule has 0 fully saturated rings.